The number of hydrogen-bond donors (Lipinski definition) is 0. The Kier molecular flexibility index (Phi) is 6.19. The van der Waals surface area contributed by atoms with Crippen molar-refractivity contribution in [3.05, 3.63) is 74.9 Å². The number of aryl methyl sites for hydroxylation is 2. The first-order chi connectivity index (χ1) is 13.0. The maximum Gasteiger partial charge on any atom is 0.205 e. The van der Waals surface area contributed by atoms with Gasteiger partial charge in [-0.2, -0.15) is 5.10 Å². The molecule has 0 unspecified atom stereocenters. The van der Waals surface area contributed by atoms with Gasteiger partial charge < -0.3 is 9.15 Å². The summed E-state index contributed by atoms with van der Waals surface area (Å²) in [6.07, 6.45) is 4.73. The van der Waals surface area contributed by atoms with E-state index >= 15 is 0 Å². The molecule has 0 N–H and O–H groups in total. The Balaban J connectivity index is 1.63. The molecule has 0 atom stereocenters. The molecule has 5 nitrogen and oxygen atoms in total. The summed E-state index contributed by atoms with van der Waals surface area (Å²) in [6.45, 7) is 4.76. The van der Waals surface area contributed by atoms with Gasteiger partial charge in [0.1, 0.15) is 29.6 Å². The number of furan rings is 1. The Hall–Kier alpha value is -2.31. The second kappa shape index (κ2) is 8.59. The highest BCUT2D eigenvalue weighted by Crippen LogP contribution is 2.22. The summed E-state index contributed by atoms with van der Waals surface area (Å²) in [6, 6.07) is 9.10. The summed E-state index contributed by atoms with van der Waals surface area (Å²) in [5.41, 5.74) is 1.47. The van der Waals surface area contributed by atoms with Crippen molar-refractivity contribution >= 4 is 39.4 Å². The molecule has 0 spiro atoms. The number of carbonyl (C=O) groups excluding carboxylic acids is 1. The largest absolute Gasteiger partial charge is 0.486 e. The van der Waals surface area contributed by atoms with Crippen molar-refractivity contribution in [2.45, 2.75) is 27.0 Å². The van der Waals surface area contributed by atoms with Crippen LogP contribution >= 0.6 is 27.5 Å². The van der Waals surface area contributed by atoms with Crippen LogP contribution < -0.4 is 4.74 Å². The van der Waals surface area contributed by atoms with Crippen LogP contribution in [0.4, 0.5) is 0 Å². The van der Waals surface area contributed by atoms with Crippen LogP contribution in [-0.4, -0.2) is 15.6 Å². The van der Waals surface area contributed by atoms with Crippen molar-refractivity contribution < 1.29 is 13.9 Å². The van der Waals surface area contributed by atoms with Gasteiger partial charge in [-0.15, -0.1) is 0 Å². The number of benzene rings is 1. The van der Waals surface area contributed by atoms with Crippen molar-refractivity contribution in [2.75, 3.05) is 0 Å². The molecular weight excluding hydrogens is 432 g/mol. The van der Waals surface area contributed by atoms with Gasteiger partial charge in [0.15, 0.2) is 0 Å². The molecule has 0 aliphatic heterocycles. The summed E-state index contributed by atoms with van der Waals surface area (Å²) in [7, 11) is 0. The van der Waals surface area contributed by atoms with Crippen molar-refractivity contribution in [2.24, 2.45) is 0 Å². The minimum atomic E-state index is -0.146. The molecular formula is C20H18BrClN2O3. The molecule has 0 radical (unpaired) electrons. The van der Waals surface area contributed by atoms with Gasteiger partial charge in [0.25, 0.3) is 0 Å². The first kappa shape index (κ1) is 19.5. The maximum absolute atomic E-state index is 12.4. The SMILES string of the molecule is CCn1ncc(Br)c1C(=O)/C=C/c1ccc(COc2ccc(Cl)c(C)c2)o1. The standard InChI is InChI=1S/C20H18BrClN2O3/c1-3-24-20(17(21)11-23-24)19(25)9-7-14-4-5-16(27-14)12-26-15-6-8-18(22)13(2)10-15/h4-11H,3,12H2,1-2H3/b9-7+. The van der Waals surface area contributed by atoms with Gasteiger partial charge in [-0.25, -0.2) is 0 Å². The molecule has 27 heavy (non-hydrogen) atoms. The van der Waals surface area contributed by atoms with E-state index in [9.17, 15) is 4.79 Å². The Morgan fingerprint density at radius 3 is 2.93 bits per heavy atom. The van der Waals surface area contributed by atoms with Crippen LogP contribution in [0.3, 0.4) is 0 Å². The number of rotatable bonds is 7. The molecule has 0 saturated heterocycles. The smallest absolute Gasteiger partial charge is 0.205 e. The van der Waals surface area contributed by atoms with E-state index in [0.717, 1.165) is 11.3 Å². The van der Waals surface area contributed by atoms with Crippen LogP contribution in [0.1, 0.15) is 34.5 Å². The van der Waals surface area contributed by atoms with E-state index in [2.05, 4.69) is 21.0 Å². The fourth-order valence-corrected chi connectivity index (χ4v) is 3.12. The van der Waals surface area contributed by atoms with Gasteiger partial charge in [0, 0.05) is 11.6 Å². The number of aromatic nitrogens is 2. The lowest BCUT2D eigenvalue weighted by Gasteiger charge is -2.06. The lowest BCUT2D eigenvalue weighted by molar-refractivity contribution is 0.103. The Bertz CT molecular complexity index is 991. The zero-order valence-corrected chi connectivity index (χ0v) is 17.3. The predicted molar refractivity (Wildman–Crippen MR) is 108 cm³/mol. The highest BCUT2D eigenvalue weighted by atomic mass is 79.9. The maximum atomic E-state index is 12.4. The Labute approximate surface area is 170 Å². The minimum Gasteiger partial charge on any atom is -0.486 e. The van der Waals surface area contributed by atoms with E-state index in [1.807, 2.05) is 32.0 Å². The van der Waals surface area contributed by atoms with Crippen molar-refractivity contribution in [3.8, 4) is 5.75 Å². The van der Waals surface area contributed by atoms with Gasteiger partial charge >= 0.3 is 0 Å². The quantitative estimate of drug-likeness (QED) is 0.343. The van der Waals surface area contributed by atoms with E-state index in [4.69, 9.17) is 20.8 Å². The van der Waals surface area contributed by atoms with E-state index in [1.165, 1.54) is 6.08 Å². The molecule has 1 aromatic carbocycles. The van der Waals surface area contributed by atoms with E-state index in [-0.39, 0.29) is 12.4 Å². The molecule has 0 bridgehead atoms. The highest BCUT2D eigenvalue weighted by Gasteiger charge is 2.14. The first-order valence-corrected chi connectivity index (χ1v) is 9.56. The van der Waals surface area contributed by atoms with Gasteiger partial charge in [0.2, 0.25) is 5.78 Å². The molecule has 0 aliphatic rings. The van der Waals surface area contributed by atoms with Gasteiger partial charge in [-0.1, -0.05) is 11.6 Å². The number of nitrogens with zero attached hydrogens (tertiary/aromatic N) is 2. The number of ketones is 1. The molecule has 2 aromatic heterocycles. The molecule has 7 heteroatoms. The van der Waals surface area contributed by atoms with Crippen molar-refractivity contribution in [1.82, 2.24) is 9.78 Å². The first-order valence-electron chi connectivity index (χ1n) is 8.39. The number of halogens is 2. The lowest BCUT2D eigenvalue weighted by Crippen LogP contribution is -2.07. The zero-order valence-electron chi connectivity index (χ0n) is 14.9. The van der Waals surface area contributed by atoms with Gasteiger partial charge in [0.05, 0.1) is 10.7 Å². The number of carbonyl (C=O) groups is 1. The number of hydrogen-bond acceptors (Lipinski definition) is 4. The molecule has 0 fully saturated rings. The highest BCUT2D eigenvalue weighted by molar-refractivity contribution is 9.10. The summed E-state index contributed by atoms with van der Waals surface area (Å²) in [4.78, 5) is 12.4. The lowest BCUT2D eigenvalue weighted by atomic mass is 10.2. The number of ether oxygens (including phenoxy) is 1. The Morgan fingerprint density at radius 2 is 2.19 bits per heavy atom. The third kappa shape index (κ3) is 4.70. The molecule has 0 aliphatic carbocycles. The second-order valence-corrected chi connectivity index (χ2v) is 7.12. The van der Waals surface area contributed by atoms with Crippen molar-refractivity contribution in [1.29, 1.82) is 0 Å². The molecule has 3 aromatic rings. The summed E-state index contributed by atoms with van der Waals surface area (Å²) < 4.78 is 13.7. The van der Waals surface area contributed by atoms with E-state index in [0.29, 0.717) is 33.3 Å². The normalized spacial score (nSPS) is 11.3. The average molecular weight is 450 g/mol. The minimum absolute atomic E-state index is 0.146. The van der Waals surface area contributed by atoms with Gasteiger partial charge in [-0.3, -0.25) is 9.48 Å². The third-order valence-corrected chi connectivity index (χ3v) is 4.92. The predicted octanol–water partition coefficient (Wildman–Crippen LogP) is 5.70. The summed E-state index contributed by atoms with van der Waals surface area (Å²) in [5, 5.41) is 4.85. The zero-order chi connectivity index (χ0) is 19.4. The third-order valence-electron chi connectivity index (χ3n) is 3.92. The van der Waals surface area contributed by atoms with Crippen LogP contribution in [0.2, 0.25) is 5.02 Å². The van der Waals surface area contributed by atoms with Crippen LogP contribution in [0.25, 0.3) is 6.08 Å². The summed E-state index contributed by atoms with van der Waals surface area (Å²) >= 11 is 9.36. The van der Waals surface area contributed by atoms with Crippen LogP contribution in [-0.2, 0) is 13.2 Å². The van der Waals surface area contributed by atoms with E-state index < -0.39 is 0 Å². The number of allylic oxidation sites excluding steroid dienone is 1. The molecule has 2 heterocycles. The van der Waals surface area contributed by atoms with Crippen LogP contribution in [0, 0.1) is 6.92 Å². The second-order valence-electron chi connectivity index (χ2n) is 5.86. The molecule has 0 saturated carbocycles. The van der Waals surface area contributed by atoms with E-state index in [1.54, 1.807) is 29.1 Å². The molecule has 140 valence electrons. The average Bonchev–Trinajstić information content (AvgIpc) is 3.27. The molecule has 0 amide bonds. The summed E-state index contributed by atoms with van der Waals surface area (Å²) in [5.74, 6) is 1.81. The molecule has 3 rings (SSSR count). The Morgan fingerprint density at radius 1 is 1.37 bits per heavy atom. The fraction of sp³-hybridized carbons (Fsp3) is 0.200. The topological polar surface area (TPSA) is 57.3 Å². The van der Waals surface area contributed by atoms with Crippen LogP contribution in [0.15, 0.2) is 51.5 Å². The fourth-order valence-electron chi connectivity index (χ4n) is 2.51. The monoisotopic (exact) mass is 448 g/mol. The van der Waals surface area contributed by atoms with Gasteiger partial charge in [-0.05, 0) is 77.8 Å². The van der Waals surface area contributed by atoms with Crippen molar-refractivity contribution in [3.63, 3.8) is 0 Å². The van der Waals surface area contributed by atoms with Crippen LogP contribution in [0.5, 0.6) is 5.75 Å².